The first-order chi connectivity index (χ1) is 32.0. The number of anilines is 6. The molecule has 10 aromatic carbocycles. The second-order valence-electron chi connectivity index (χ2n) is 17.6. The van der Waals surface area contributed by atoms with Gasteiger partial charge in [-0.15, -0.1) is 0 Å². The van der Waals surface area contributed by atoms with E-state index in [1.807, 2.05) is 18.2 Å². The molecule has 0 radical (unpaired) electrons. The predicted octanol–water partition coefficient (Wildman–Crippen LogP) is 16.0. The Hall–Kier alpha value is -8.12. The first-order valence-corrected chi connectivity index (χ1v) is 25.3. The molecular formula is C60H42N2O2Si. The highest BCUT2D eigenvalue weighted by molar-refractivity contribution is 7.03. The van der Waals surface area contributed by atoms with Gasteiger partial charge in [-0.1, -0.05) is 165 Å². The normalized spacial score (nSPS) is 12.9. The van der Waals surface area contributed by atoms with E-state index in [0.717, 1.165) is 78.0 Å². The third kappa shape index (κ3) is 5.76. The molecule has 4 nitrogen and oxygen atoms in total. The highest BCUT2D eigenvalue weighted by Gasteiger charge is 2.36. The van der Waals surface area contributed by atoms with Gasteiger partial charge in [0, 0.05) is 44.0 Å². The second-order valence-corrected chi connectivity index (χ2v) is 22.0. The van der Waals surface area contributed by atoms with Gasteiger partial charge in [-0.05, 0) is 105 Å². The lowest BCUT2D eigenvalue weighted by Gasteiger charge is -2.35. The number of nitrogens with zero attached hydrogens (tertiary/aromatic N) is 2. The van der Waals surface area contributed by atoms with Gasteiger partial charge >= 0.3 is 0 Å². The van der Waals surface area contributed by atoms with Crippen molar-refractivity contribution in [2.75, 3.05) is 9.80 Å². The van der Waals surface area contributed by atoms with Crippen molar-refractivity contribution in [3.8, 4) is 22.3 Å². The van der Waals surface area contributed by atoms with E-state index < -0.39 is 8.07 Å². The number of rotatable bonds is 7. The van der Waals surface area contributed by atoms with Crippen LogP contribution in [0.1, 0.15) is 0 Å². The Kier molecular flexibility index (Phi) is 8.33. The van der Waals surface area contributed by atoms with Gasteiger partial charge in [-0.2, -0.15) is 0 Å². The van der Waals surface area contributed by atoms with Crippen molar-refractivity contribution in [1.82, 2.24) is 0 Å². The largest absolute Gasteiger partial charge is 0.454 e. The average molecular weight is 851 g/mol. The highest BCUT2D eigenvalue weighted by atomic mass is 28.3. The van der Waals surface area contributed by atoms with Gasteiger partial charge in [0.25, 0.3) is 0 Å². The number of hydrogen-bond acceptors (Lipinski definition) is 4. The van der Waals surface area contributed by atoms with E-state index in [4.69, 9.17) is 8.83 Å². The molecule has 0 amide bonds. The first kappa shape index (κ1) is 37.4. The molecule has 0 bridgehead atoms. The molecule has 0 spiro atoms. The van der Waals surface area contributed by atoms with Crippen molar-refractivity contribution >= 4 is 107 Å². The Morgan fingerprint density at radius 3 is 1.48 bits per heavy atom. The predicted molar refractivity (Wildman–Crippen MR) is 275 cm³/mol. The number of fused-ring (bicyclic) bond motifs is 8. The van der Waals surface area contributed by atoms with Crippen LogP contribution in [-0.2, 0) is 0 Å². The summed E-state index contributed by atoms with van der Waals surface area (Å²) in [6.07, 6.45) is 0. The van der Waals surface area contributed by atoms with Crippen LogP contribution in [0.3, 0.4) is 0 Å². The van der Waals surface area contributed by atoms with E-state index in [1.54, 1.807) is 0 Å². The molecule has 1 aliphatic rings. The van der Waals surface area contributed by atoms with Crippen LogP contribution in [0.5, 0.6) is 0 Å². The van der Waals surface area contributed by atoms with E-state index in [-0.39, 0.29) is 0 Å². The van der Waals surface area contributed by atoms with Gasteiger partial charge in [0.15, 0.2) is 11.2 Å². The fraction of sp³-hybridized carbons (Fsp3) is 0.0333. The topological polar surface area (TPSA) is 32.8 Å². The zero-order valence-electron chi connectivity index (χ0n) is 36.0. The van der Waals surface area contributed by atoms with Gasteiger partial charge in [-0.25, -0.2) is 0 Å². The smallest absolute Gasteiger partial charge is 0.159 e. The van der Waals surface area contributed by atoms with Crippen LogP contribution in [0.4, 0.5) is 34.1 Å². The van der Waals surface area contributed by atoms with Gasteiger partial charge in [0.2, 0.25) is 0 Å². The van der Waals surface area contributed by atoms with Gasteiger partial charge in [-0.3, -0.25) is 0 Å². The lowest BCUT2D eigenvalue weighted by atomic mass is 9.93. The maximum Gasteiger partial charge on any atom is 0.159 e. The number of para-hydroxylation sites is 6. The van der Waals surface area contributed by atoms with E-state index in [9.17, 15) is 0 Å². The second kappa shape index (κ2) is 14.5. The van der Waals surface area contributed by atoms with Crippen molar-refractivity contribution in [3.05, 3.63) is 218 Å². The summed E-state index contributed by atoms with van der Waals surface area (Å²) < 4.78 is 13.2. The minimum atomic E-state index is -2.22. The lowest BCUT2D eigenvalue weighted by molar-refractivity contribution is 0.668. The van der Waals surface area contributed by atoms with Crippen LogP contribution >= 0.6 is 0 Å². The summed E-state index contributed by atoms with van der Waals surface area (Å²) in [5.74, 6) is 0. The van der Waals surface area contributed by atoms with Crippen LogP contribution < -0.4 is 20.2 Å². The molecule has 1 aliphatic heterocycles. The van der Waals surface area contributed by atoms with Gasteiger partial charge < -0.3 is 18.6 Å². The van der Waals surface area contributed by atoms with Crippen molar-refractivity contribution in [2.24, 2.45) is 0 Å². The van der Waals surface area contributed by atoms with Crippen LogP contribution in [-0.4, -0.2) is 8.07 Å². The van der Waals surface area contributed by atoms with Crippen molar-refractivity contribution in [3.63, 3.8) is 0 Å². The van der Waals surface area contributed by atoms with Crippen molar-refractivity contribution in [1.29, 1.82) is 0 Å². The first-order valence-electron chi connectivity index (χ1n) is 22.3. The fourth-order valence-electron chi connectivity index (χ4n) is 10.6. The Morgan fingerprint density at radius 1 is 0.338 bits per heavy atom. The summed E-state index contributed by atoms with van der Waals surface area (Å²) >= 11 is 0. The molecule has 0 saturated carbocycles. The molecule has 0 unspecified atom stereocenters. The Labute approximate surface area is 377 Å². The van der Waals surface area contributed by atoms with Gasteiger partial charge in [0.05, 0.1) is 17.1 Å². The van der Waals surface area contributed by atoms with Crippen LogP contribution in [0.25, 0.3) is 76.9 Å². The third-order valence-corrected chi connectivity index (χ3v) is 17.2. The van der Waals surface area contributed by atoms with Crippen LogP contribution in [0.15, 0.2) is 227 Å². The lowest BCUT2D eigenvalue weighted by Crippen LogP contribution is -2.55. The summed E-state index contributed by atoms with van der Waals surface area (Å²) in [6, 6.07) is 78.7. The molecule has 0 atom stereocenters. The maximum atomic E-state index is 6.67. The molecular weight excluding hydrogens is 809 g/mol. The summed E-state index contributed by atoms with van der Waals surface area (Å²) in [7, 11) is -2.22. The monoisotopic (exact) mass is 850 g/mol. The molecule has 65 heavy (non-hydrogen) atoms. The molecule has 0 aliphatic carbocycles. The van der Waals surface area contributed by atoms with Crippen molar-refractivity contribution in [2.45, 2.75) is 13.1 Å². The molecule has 0 saturated heterocycles. The quantitative estimate of drug-likeness (QED) is 0.150. The summed E-state index contributed by atoms with van der Waals surface area (Å²) in [4.78, 5) is 4.69. The molecule has 13 rings (SSSR count). The minimum Gasteiger partial charge on any atom is -0.454 e. The van der Waals surface area contributed by atoms with Crippen LogP contribution in [0.2, 0.25) is 13.1 Å². The van der Waals surface area contributed by atoms with Crippen molar-refractivity contribution < 1.29 is 8.83 Å². The van der Waals surface area contributed by atoms with E-state index in [1.165, 1.54) is 43.4 Å². The third-order valence-electron chi connectivity index (χ3n) is 13.7. The van der Waals surface area contributed by atoms with E-state index >= 15 is 0 Å². The zero-order valence-corrected chi connectivity index (χ0v) is 37.0. The molecule has 12 aromatic rings. The molecule has 0 N–H and O–H groups in total. The Balaban J connectivity index is 0.918. The molecule has 0 fully saturated rings. The maximum absolute atomic E-state index is 6.67. The standard InChI is InChI=1S/C60H42N2O2Si/c1-65(2)56-29-15-24-50-51(62(42-18-7-4-8-19-42)53-26-14-23-49-45-21-10-12-28-55(45)64-60(49)53)37-36-47(58(50)56)46-35-32-40(38-57(46)65)39-30-33-43(34-31-39)61(41-16-5-3-6-17-41)52-25-13-22-48-44-20-9-11-27-54(44)63-59(48)52/h3-38H,1-2H3. The highest BCUT2D eigenvalue weighted by Crippen LogP contribution is 2.47. The minimum absolute atomic E-state index is 0.877. The molecule has 3 heterocycles. The van der Waals surface area contributed by atoms with Crippen LogP contribution in [0, 0.1) is 0 Å². The van der Waals surface area contributed by atoms with E-state index in [0.29, 0.717) is 0 Å². The SMILES string of the molecule is C[Si]1(C)c2cc(-c3ccc(N(c4ccccc4)c4cccc5c4oc4ccccc45)cc3)ccc2-c2ccc(N(c3ccccc3)c3cccc4c3oc3ccccc34)c3cccc1c23. The number of benzene rings is 10. The summed E-state index contributed by atoms with van der Waals surface area (Å²) in [6.45, 7) is 5.03. The Bertz CT molecular complexity index is 3810. The number of furan rings is 2. The molecule has 5 heteroatoms. The average Bonchev–Trinajstić information content (AvgIpc) is 3.94. The summed E-state index contributed by atoms with van der Waals surface area (Å²) in [5.41, 5.74) is 15.0. The molecule has 2 aromatic heterocycles. The zero-order chi connectivity index (χ0) is 43.2. The van der Waals surface area contributed by atoms with Gasteiger partial charge in [0.1, 0.15) is 19.2 Å². The van der Waals surface area contributed by atoms with E-state index in [2.05, 4.69) is 223 Å². The summed E-state index contributed by atoms with van der Waals surface area (Å²) in [5, 5.41) is 9.98. The molecule has 308 valence electrons. The Morgan fingerprint density at radius 2 is 0.831 bits per heavy atom. The fourth-order valence-corrected chi connectivity index (χ4v) is 13.7. The number of hydrogen-bond donors (Lipinski definition) is 0.